The van der Waals surface area contributed by atoms with Gasteiger partial charge in [0.25, 0.3) is 0 Å². The van der Waals surface area contributed by atoms with Crippen molar-refractivity contribution in [2.45, 2.75) is 45.1 Å². The number of unbranched alkanes of at least 4 members (excludes halogenated alkanes) is 4. The molecule has 0 aliphatic heterocycles. The number of hydrogen-bond donors (Lipinski definition) is 0. The van der Waals surface area contributed by atoms with Gasteiger partial charge in [-0.15, -0.1) is 0 Å². The van der Waals surface area contributed by atoms with Crippen LogP contribution in [0.5, 0.6) is 0 Å². The Hall–Kier alpha value is 0.217. The highest BCUT2D eigenvalue weighted by Crippen LogP contribution is 2.02. The standard InChI is InChI=1S/C7H16Si/c1-2-3-4-5-6-7-8/h8H,2-7H2,1H3. The normalized spacial score (nSPS) is 9.75. The lowest BCUT2D eigenvalue weighted by molar-refractivity contribution is 0.656. The fourth-order valence-corrected chi connectivity index (χ4v) is 1.04. The summed E-state index contributed by atoms with van der Waals surface area (Å²) in [5.74, 6) is 0. The third-order valence-corrected chi connectivity index (χ3v) is 1.72. The van der Waals surface area contributed by atoms with Crippen molar-refractivity contribution in [1.82, 2.24) is 0 Å². The zero-order chi connectivity index (χ0) is 6.24. The van der Waals surface area contributed by atoms with Crippen LogP contribution < -0.4 is 0 Å². The third kappa shape index (κ3) is 6.22. The summed E-state index contributed by atoms with van der Waals surface area (Å²) in [6, 6.07) is 1.28. The quantitative estimate of drug-likeness (QED) is 0.393. The molecule has 0 nitrogen and oxygen atoms in total. The maximum atomic E-state index is 2.77. The summed E-state index contributed by atoms with van der Waals surface area (Å²) in [6.07, 6.45) is 7.04. The van der Waals surface area contributed by atoms with E-state index in [9.17, 15) is 0 Å². The molecular weight excluding hydrogens is 112 g/mol. The summed E-state index contributed by atoms with van der Waals surface area (Å²) in [4.78, 5) is 0. The van der Waals surface area contributed by atoms with Gasteiger partial charge >= 0.3 is 0 Å². The molecule has 0 heterocycles. The van der Waals surface area contributed by atoms with Gasteiger partial charge in [-0.3, -0.25) is 0 Å². The maximum Gasteiger partial charge on any atom is 0.0143 e. The second kappa shape index (κ2) is 7.22. The second-order valence-electron chi connectivity index (χ2n) is 2.20. The fourth-order valence-electron chi connectivity index (χ4n) is 0.748. The highest BCUT2D eigenvalue weighted by atomic mass is 28.1. The molecule has 1 heteroatoms. The van der Waals surface area contributed by atoms with E-state index in [0.29, 0.717) is 0 Å². The van der Waals surface area contributed by atoms with Gasteiger partial charge in [-0.25, -0.2) is 0 Å². The predicted molar refractivity (Wildman–Crippen MR) is 40.7 cm³/mol. The lowest BCUT2D eigenvalue weighted by Crippen LogP contribution is -1.75. The van der Waals surface area contributed by atoms with E-state index < -0.39 is 0 Å². The molecule has 0 unspecified atom stereocenters. The zero-order valence-corrected chi connectivity index (χ0v) is 6.97. The van der Waals surface area contributed by atoms with E-state index in [2.05, 4.69) is 17.2 Å². The van der Waals surface area contributed by atoms with Gasteiger partial charge in [0.05, 0.1) is 0 Å². The fraction of sp³-hybridized carbons (Fsp3) is 1.00. The Balaban J connectivity index is 2.53. The van der Waals surface area contributed by atoms with Crippen LogP contribution in [0, 0.1) is 0 Å². The van der Waals surface area contributed by atoms with E-state index in [-0.39, 0.29) is 0 Å². The van der Waals surface area contributed by atoms with Crippen molar-refractivity contribution in [1.29, 1.82) is 0 Å². The van der Waals surface area contributed by atoms with Crippen molar-refractivity contribution >= 4 is 10.2 Å². The molecule has 48 valence electrons. The molecule has 0 bridgehead atoms. The molecular formula is C7H16Si. The van der Waals surface area contributed by atoms with Crippen LogP contribution in [0.2, 0.25) is 6.04 Å². The Morgan fingerprint density at radius 3 is 2.12 bits per heavy atom. The average Bonchev–Trinajstić information content (AvgIpc) is 1.81. The average molecular weight is 128 g/mol. The Morgan fingerprint density at radius 1 is 1.00 bits per heavy atom. The van der Waals surface area contributed by atoms with Crippen LogP contribution in [-0.4, -0.2) is 10.2 Å². The van der Waals surface area contributed by atoms with Crippen LogP contribution in [0.25, 0.3) is 0 Å². The van der Waals surface area contributed by atoms with Crippen molar-refractivity contribution in [2.24, 2.45) is 0 Å². The van der Waals surface area contributed by atoms with Gasteiger partial charge in [-0.2, -0.15) is 0 Å². The van der Waals surface area contributed by atoms with Crippen molar-refractivity contribution in [2.75, 3.05) is 0 Å². The van der Waals surface area contributed by atoms with Gasteiger partial charge in [-0.1, -0.05) is 45.1 Å². The molecule has 0 aliphatic rings. The summed E-state index contributed by atoms with van der Waals surface area (Å²) in [6.45, 7) is 2.25. The first-order chi connectivity index (χ1) is 3.91. The third-order valence-electron chi connectivity index (χ3n) is 1.31. The first-order valence-electron chi connectivity index (χ1n) is 3.62. The summed E-state index contributed by atoms with van der Waals surface area (Å²) < 4.78 is 0. The Bertz CT molecular complexity index is 29.4. The SMILES string of the molecule is CCCCCCC[SiH]. The summed E-state index contributed by atoms with van der Waals surface area (Å²) in [5, 5.41) is 0. The van der Waals surface area contributed by atoms with E-state index in [0.717, 1.165) is 0 Å². The molecule has 0 aromatic heterocycles. The Labute approximate surface area is 56.1 Å². The zero-order valence-electron chi connectivity index (χ0n) is 5.82. The van der Waals surface area contributed by atoms with Gasteiger partial charge in [0, 0.05) is 10.2 Å². The van der Waals surface area contributed by atoms with E-state index in [1.165, 1.54) is 38.1 Å². The van der Waals surface area contributed by atoms with Crippen molar-refractivity contribution in [3.63, 3.8) is 0 Å². The summed E-state index contributed by atoms with van der Waals surface area (Å²) in [5.41, 5.74) is 0. The van der Waals surface area contributed by atoms with Crippen molar-refractivity contribution < 1.29 is 0 Å². The first kappa shape index (κ1) is 8.22. The van der Waals surface area contributed by atoms with E-state index in [1.54, 1.807) is 0 Å². The molecule has 0 saturated heterocycles. The van der Waals surface area contributed by atoms with E-state index >= 15 is 0 Å². The molecule has 0 aliphatic carbocycles. The maximum absolute atomic E-state index is 2.77. The first-order valence-corrected chi connectivity index (χ1v) is 4.43. The highest BCUT2D eigenvalue weighted by Gasteiger charge is 1.83. The van der Waals surface area contributed by atoms with Gasteiger partial charge in [-0.05, 0) is 0 Å². The van der Waals surface area contributed by atoms with Gasteiger partial charge < -0.3 is 0 Å². The van der Waals surface area contributed by atoms with Crippen LogP contribution >= 0.6 is 0 Å². The van der Waals surface area contributed by atoms with Gasteiger partial charge in [0.2, 0.25) is 0 Å². The minimum Gasteiger partial charge on any atom is -0.0654 e. The summed E-state index contributed by atoms with van der Waals surface area (Å²) >= 11 is 0. The molecule has 0 fully saturated rings. The van der Waals surface area contributed by atoms with E-state index in [1.807, 2.05) is 0 Å². The van der Waals surface area contributed by atoms with Crippen LogP contribution in [0.4, 0.5) is 0 Å². The molecule has 0 aromatic rings. The summed E-state index contributed by atoms with van der Waals surface area (Å²) in [7, 11) is 2.77. The molecule has 8 heavy (non-hydrogen) atoms. The molecule has 0 atom stereocenters. The van der Waals surface area contributed by atoms with Crippen LogP contribution in [0.1, 0.15) is 39.0 Å². The lowest BCUT2D eigenvalue weighted by atomic mass is 10.2. The smallest absolute Gasteiger partial charge is 0.0143 e. The predicted octanol–water partition coefficient (Wildman–Crippen LogP) is 2.28. The number of hydrogen-bond acceptors (Lipinski definition) is 0. The monoisotopic (exact) mass is 128 g/mol. The van der Waals surface area contributed by atoms with Gasteiger partial charge in [0.15, 0.2) is 0 Å². The van der Waals surface area contributed by atoms with Crippen molar-refractivity contribution in [3.8, 4) is 0 Å². The molecule has 0 spiro atoms. The topological polar surface area (TPSA) is 0 Å². The molecule has 0 aromatic carbocycles. The lowest BCUT2D eigenvalue weighted by Gasteiger charge is -1.93. The van der Waals surface area contributed by atoms with Crippen LogP contribution in [0.3, 0.4) is 0 Å². The van der Waals surface area contributed by atoms with Crippen LogP contribution in [0.15, 0.2) is 0 Å². The Kier molecular flexibility index (Phi) is 7.41. The molecule has 0 N–H and O–H groups in total. The minimum atomic E-state index is 1.28. The van der Waals surface area contributed by atoms with Gasteiger partial charge in [0.1, 0.15) is 0 Å². The molecule has 0 amide bonds. The second-order valence-corrected chi connectivity index (χ2v) is 2.78. The minimum absolute atomic E-state index is 1.28. The molecule has 0 rings (SSSR count). The Morgan fingerprint density at radius 2 is 1.62 bits per heavy atom. The molecule has 2 radical (unpaired) electrons. The largest absolute Gasteiger partial charge is 0.0654 e. The van der Waals surface area contributed by atoms with Crippen molar-refractivity contribution in [3.05, 3.63) is 0 Å². The van der Waals surface area contributed by atoms with E-state index in [4.69, 9.17) is 0 Å². The van der Waals surface area contributed by atoms with Crippen LogP contribution in [-0.2, 0) is 0 Å². The highest BCUT2D eigenvalue weighted by molar-refractivity contribution is 6.08. The molecule has 0 saturated carbocycles. The number of rotatable bonds is 5.